The Kier molecular flexibility index (Phi) is 7.01. The second-order valence-electron chi connectivity index (χ2n) is 8.54. The SMILES string of the molecule is Cc1nc2ccc(C(C(CCc3ccc(C(=N)N)cc3)C(=N)N)N(C(=O)O)C(C)C)cc2[nH]1. The number of nitrogens with two attached hydrogens (primary N) is 2. The summed E-state index contributed by atoms with van der Waals surface area (Å²) in [6, 6.07) is 12.0. The van der Waals surface area contributed by atoms with Crippen LogP contribution in [0.4, 0.5) is 4.79 Å². The molecule has 0 radical (unpaired) electrons. The van der Waals surface area contributed by atoms with Crippen LogP contribution >= 0.6 is 0 Å². The van der Waals surface area contributed by atoms with Crippen molar-refractivity contribution in [2.75, 3.05) is 0 Å². The molecule has 3 rings (SSSR count). The van der Waals surface area contributed by atoms with Gasteiger partial charge in [-0.15, -0.1) is 0 Å². The molecule has 174 valence electrons. The first kappa shape index (κ1) is 23.8. The number of nitrogens with zero attached hydrogens (tertiary/aromatic N) is 2. The average Bonchev–Trinajstić information content (AvgIpc) is 3.11. The number of benzene rings is 2. The maximum Gasteiger partial charge on any atom is 0.408 e. The van der Waals surface area contributed by atoms with E-state index in [2.05, 4.69) is 9.97 Å². The highest BCUT2D eigenvalue weighted by molar-refractivity contribution is 5.94. The van der Waals surface area contributed by atoms with Crippen LogP contribution in [0.5, 0.6) is 0 Å². The van der Waals surface area contributed by atoms with Crippen LogP contribution in [0, 0.1) is 23.7 Å². The highest BCUT2D eigenvalue weighted by Crippen LogP contribution is 2.35. The molecule has 2 atom stereocenters. The van der Waals surface area contributed by atoms with Crippen LogP contribution in [0.2, 0.25) is 0 Å². The third-order valence-electron chi connectivity index (χ3n) is 5.83. The molecule has 0 aliphatic heterocycles. The van der Waals surface area contributed by atoms with Gasteiger partial charge in [0.15, 0.2) is 0 Å². The van der Waals surface area contributed by atoms with Crippen LogP contribution < -0.4 is 11.5 Å². The summed E-state index contributed by atoms with van der Waals surface area (Å²) in [7, 11) is 0. The van der Waals surface area contributed by atoms with E-state index in [4.69, 9.17) is 22.3 Å². The molecular formula is C24H31N7O2. The molecule has 2 unspecified atom stereocenters. The van der Waals surface area contributed by atoms with Crippen LogP contribution in [0.25, 0.3) is 11.0 Å². The fourth-order valence-electron chi connectivity index (χ4n) is 4.24. The summed E-state index contributed by atoms with van der Waals surface area (Å²) >= 11 is 0. The number of amidine groups is 2. The van der Waals surface area contributed by atoms with Gasteiger partial charge < -0.3 is 21.6 Å². The van der Waals surface area contributed by atoms with E-state index in [1.165, 1.54) is 4.90 Å². The normalized spacial score (nSPS) is 13.1. The third-order valence-corrected chi connectivity index (χ3v) is 5.83. The highest BCUT2D eigenvalue weighted by Gasteiger charge is 2.35. The number of nitrogen functional groups attached to an aromatic ring is 1. The Hall–Kier alpha value is -3.88. The van der Waals surface area contributed by atoms with E-state index in [1.807, 2.05) is 51.1 Å². The predicted octanol–water partition coefficient (Wildman–Crippen LogP) is 3.77. The first-order valence-electron chi connectivity index (χ1n) is 10.8. The standard InChI is InChI=1S/C24H31N7O2/c1-13(2)31(24(32)33)21(17-9-11-19-20(12-17)30-14(3)29-19)18(23(27)28)10-6-15-4-7-16(8-5-15)22(25)26/h4-5,7-9,11-13,18,21H,6,10H2,1-3H3,(H3,25,26)(H3,27,28)(H,29,30)(H,32,33). The summed E-state index contributed by atoms with van der Waals surface area (Å²) < 4.78 is 0. The van der Waals surface area contributed by atoms with Gasteiger partial charge in [-0.1, -0.05) is 30.3 Å². The Morgan fingerprint density at radius 3 is 2.36 bits per heavy atom. The van der Waals surface area contributed by atoms with E-state index in [1.54, 1.807) is 12.1 Å². The lowest BCUT2D eigenvalue weighted by Gasteiger charge is -2.38. The maximum atomic E-state index is 12.3. The van der Waals surface area contributed by atoms with Gasteiger partial charge >= 0.3 is 6.09 Å². The molecule has 1 heterocycles. The van der Waals surface area contributed by atoms with Gasteiger partial charge in [-0.25, -0.2) is 9.78 Å². The van der Waals surface area contributed by atoms with Crippen molar-refractivity contribution in [3.05, 3.63) is 65.0 Å². The molecule has 1 amide bonds. The third kappa shape index (κ3) is 5.31. The summed E-state index contributed by atoms with van der Waals surface area (Å²) in [6.45, 7) is 5.50. The second kappa shape index (κ2) is 9.72. The number of fused-ring (bicyclic) bond motifs is 1. The smallest absolute Gasteiger partial charge is 0.408 e. The minimum atomic E-state index is -1.06. The maximum absolute atomic E-state index is 12.3. The Bertz CT molecular complexity index is 1170. The van der Waals surface area contributed by atoms with E-state index in [-0.39, 0.29) is 17.7 Å². The Balaban J connectivity index is 1.99. The molecule has 3 aromatic rings. The topological polar surface area (TPSA) is 169 Å². The zero-order valence-electron chi connectivity index (χ0n) is 19.1. The largest absolute Gasteiger partial charge is 0.465 e. The summed E-state index contributed by atoms with van der Waals surface area (Å²) in [5.41, 5.74) is 15.6. The molecule has 8 N–H and O–H groups in total. The number of carbonyl (C=O) groups is 1. The number of imidazole rings is 1. The lowest BCUT2D eigenvalue weighted by atomic mass is 9.85. The molecule has 0 fully saturated rings. The van der Waals surface area contributed by atoms with Crippen molar-refractivity contribution in [2.24, 2.45) is 17.4 Å². The monoisotopic (exact) mass is 449 g/mol. The fraction of sp³-hybridized carbons (Fsp3) is 0.333. The number of aromatic nitrogens is 2. The lowest BCUT2D eigenvalue weighted by Crippen LogP contribution is -2.45. The number of H-pyrrole nitrogens is 1. The Morgan fingerprint density at radius 2 is 1.82 bits per heavy atom. The molecule has 9 heteroatoms. The van der Waals surface area contributed by atoms with E-state index in [0.29, 0.717) is 18.4 Å². The number of rotatable bonds is 9. The fourth-order valence-corrected chi connectivity index (χ4v) is 4.24. The minimum Gasteiger partial charge on any atom is -0.465 e. The van der Waals surface area contributed by atoms with Gasteiger partial charge in [0.05, 0.1) is 22.9 Å². The number of hydrogen-bond acceptors (Lipinski definition) is 4. The molecule has 33 heavy (non-hydrogen) atoms. The van der Waals surface area contributed by atoms with Crippen molar-refractivity contribution in [2.45, 2.75) is 45.7 Å². The van der Waals surface area contributed by atoms with Gasteiger partial charge in [0.2, 0.25) is 0 Å². The Morgan fingerprint density at radius 1 is 1.15 bits per heavy atom. The molecule has 1 aromatic heterocycles. The molecule has 2 aromatic carbocycles. The molecule has 0 aliphatic carbocycles. The molecule has 9 nitrogen and oxygen atoms in total. The highest BCUT2D eigenvalue weighted by atomic mass is 16.4. The van der Waals surface area contributed by atoms with Crippen molar-refractivity contribution < 1.29 is 9.90 Å². The molecule has 0 saturated heterocycles. The van der Waals surface area contributed by atoms with Crippen molar-refractivity contribution >= 4 is 28.8 Å². The summed E-state index contributed by atoms with van der Waals surface area (Å²) in [5, 5.41) is 25.9. The summed E-state index contributed by atoms with van der Waals surface area (Å²) in [4.78, 5) is 21.3. The summed E-state index contributed by atoms with van der Waals surface area (Å²) in [6.07, 6.45) is 0.0132. The second-order valence-corrected chi connectivity index (χ2v) is 8.54. The van der Waals surface area contributed by atoms with Crippen LogP contribution in [-0.2, 0) is 6.42 Å². The Labute approximate surface area is 192 Å². The van der Waals surface area contributed by atoms with Crippen molar-refractivity contribution in [3.8, 4) is 0 Å². The van der Waals surface area contributed by atoms with Crippen molar-refractivity contribution in [1.29, 1.82) is 10.8 Å². The van der Waals surface area contributed by atoms with Gasteiger partial charge in [-0.3, -0.25) is 15.7 Å². The number of aryl methyl sites for hydroxylation is 2. The number of amides is 1. The van der Waals surface area contributed by atoms with Gasteiger partial charge in [-0.05, 0) is 56.9 Å². The van der Waals surface area contributed by atoms with Crippen molar-refractivity contribution in [3.63, 3.8) is 0 Å². The number of aromatic amines is 1. The molecule has 0 saturated carbocycles. The lowest BCUT2D eigenvalue weighted by molar-refractivity contribution is 0.0938. The van der Waals surface area contributed by atoms with Gasteiger partial charge in [0.25, 0.3) is 0 Å². The number of nitrogens with one attached hydrogen (secondary N) is 3. The minimum absolute atomic E-state index is 0.00157. The van der Waals surface area contributed by atoms with E-state index < -0.39 is 18.1 Å². The molecular weight excluding hydrogens is 418 g/mol. The van der Waals surface area contributed by atoms with Crippen molar-refractivity contribution in [1.82, 2.24) is 14.9 Å². The first-order valence-corrected chi connectivity index (χ1v) is 10.8. The zero-order chi connectivity index (χ0) is 24.3. The van der Waals surface area contributed by atoms with E-state index in [0.717, 1.165) is 28.0 Å². The molecule has 0 aliphatic rings. The molecule has 0 bridgehead atoms. The predicted molar refractivity (Wildman–Crippen MR) is 130 cm³/mol. The van der Waals surface area contributed by atoms with Crippen LogP contribution in [0.1, 0.15) is 48.8 Å². The number of hydrogen-bond donors (Lipinski definition) is 6. The molecule has 0 spiro atoms. The average molecular weight is 450 g/mol. The zero-order valence-corrected chi connectivity index (χ0v) is 19.1. The van der Waals surface area contributed by atoms with E-state index in [9.17, 15) is 9.90 Å². The van der Waals surface area contributed by atoms with Gasteiger partial charge in [0, 0.05) is 17.5 Å². The first-order chi connectivity index (χ1) is 15.6. The summed E-state index contributed by atoms with van der Waals surface area (Å²) in [5.74, 6) is 0.182. The van der Waals surface area contributed by atoms with Gasteiger partial charge in [0.1, 0.15) is 11.7 Å². The van der Waals surface area contributed by atoms with Gasteiger partial charge in [-0.2, -0.15) is 0 Å². The van der Waals surface area contributed by atoms with Crippen LogP contribution in [-0.4, -0.2) is 43.8 Å². The number of carboxylic acid groups (broad SMARTS) is 1. The quantitative estimate of drug-likeness (QED) is 0.215. The van der Waals surface area contributed by atoms with Crippen LogP contribution in [0.3, 0.4) is 0 Å². The van der Waals surface area contributed by atoms with Crippen LogP contribution in [0.15, 0.2) is 42.5 Å². The van der Waals surface area contributed by atoms with E-state index >= 15 is 0 Å².